The summed E-state index contributed by atoms with van der Waals surface area (Å²) in [7, 11) is 1.34. The lowest BCUT2D eigenvalue weighted by atomic mass is 10.2. The van der Waals surface area contributed by atoms with Crippen LogP contribution >= 0.6 is 31.9 Å². The van der Waals surface area contributed by atoms with Crippen molar-refractivity contribution in [3.63, 3.8) is 0 Å². The number of esters is 1. The third kappa shape index (κ3) is 5.24. The Hall–Kier alpha value is -1.99. The highest BCUT2D eigenvalue weighted by molar-refractivity contribution is 9.11. The second kappa shape index (κ2) is 8.92. The Kier molecular flexibility index (Phi) is 6.90. The lowest BCUT2D eigenvalue weighted by molar-refractivity contribution is -0.134. The van der Waals surface area contributed by atoms with Crippen LogP contribution in [-0.2, 0) is 9.53 Å². The van der Waals surface area contributed by atoms with Crippen molar-refractivity contribution in [1.82, 2.24) is 0 Å². The molecule has 2 aromatic carbocycles. The summed E-state index contributed by atoms with van der Waals surface area (Å²) in [6.45, 7) is 2.77. The van der Waals surface area contributed by atoms with Gasteiger partial charge in [0.15, 0.2) is 5.75 Å². The lowest BCUT2D eigenvalue weighted by Gasteiger charge is -2.13. The van der Waals surface area contributed by atoms with Gasteiger partial charge in [-0.05, 0) is 74.7 Å². The SMILES string of the molecule is CCNc1cc(Oc2c(Br)cc(/C=C/C(=O)OC)cc2Br)ccc1N. The molecule has 0 spiro atoms. The molecule has 0 heterocycles. The third-order valence-electron chi connectivity index (χ3n) is 3.25. The van der Waals surface area contributed by atoms with Crippen molar-refractivity contribution < 1.29 is 14.3 Å². The van der Waals surface area contributed by atoms with Gasteiger partial charge in [0.05, 0.1) is 27.4 Å². The summed E-state index contributed by atoms with van der Waals surface area (Å²) in [5.74, 6) is 0.872. The standard InChI is InChI=1S/C18H18Br2N2O3/c1-3-22-16-10-12(5-6-15(16)21)25-18-13(19)8-11(9-14(18)20)4-7-17(23)24-2/h4-10,22H,3,21H2,1-2H3/b7-4+. The summed E-state index contributed by atoms with van der Waals surface area (Å²) in [4.78, 5) is 11.2. The minimum Gasteiger partial charge on any atom is -0.466 e. The molecule has 0 aliphatic rings. The van der Waals surface area contributed by atoms with Crippen LogP contribution in [0.25, 0.3) is 6.08 Å². The molecule has 0 unspecified atom stereocenters. The van der Waals surface area contributed by atoms with Gasteiger partial charge in [-0.25, -0.2) is 4.79 Å². The fraction of sp³-hybridized carbons (Fsp3) is 0.167. The van der Waals surface area contributed by atoms with Crippen LogP contribution in [0.1, 0.15) is 12.5 Å². The van der Waals surface area contributed by atoms with E-state index in [1.165, 1.54) is 13.2 Å². The highest BCUT2D eigenvalue weighted by Crippen LogP contribution is 2.39. The van der Waals surface area contributed by atoms with E-state index in [0.717, 1.165) is 26.7 Å². The molecule has 0 aromatic heterocycles. The van der Waals surface area contributed by atoms with Crippen LogP contribution in [0.4, 0.5) is 11.4 Å². The number of carbonyl (C=O) groups excluding carboxylic acids is 1. The van der Waals surface area contributed by atoms with E-state index in [4.69, 9.17) is 10.5 Å². The lowest BCUT2D eigenvalue weighted by Crippen LogP contribution is -2.01. The van der Waals surface area contributed by atoms with E-state index in [2.05, 4.69) is 41.9 Å². The molecule has 0 radical (unpaired) electrons. The number of anilines is 2. The number of benzene rings is 2. The van der Waals surface area contributed by atoms with Gasteiger partial charge in [0.1, 0.15) is 5.75 Å². The number of nitrogen functional groups attached to an aromatic ring is 1. The summed E-state index contributed by atoms with van der Waals surface area (Å²) in [6, 6.07) is 9.15. The number of halogens is 2. The summed E-state index contributed by atoms with van der Waals surface area (Å²) in [6.07, 6.45) is 3.02. The van der Waals surface area contributed by atoms with Crippen LogP contribution in [0.2, 0.25) is 0 Å². The Balaban J connectivity index is 2.27. The van der Waals surface area contributed by atoms with Gasteiger partial charge in [-0.15, -0.1) is 0 Å². The van der Waals surface area contributed by atoms with Crippen molar-refractivity contribution >= 4 is 55.3 Å². The number of ether oxygens (including phenoxy) is 2. The van der Waals surface area contributed by atoms with Gasteiger partial charge in [0.25, 0.3) is 0 Å². The molecule has 2 rings (SSSR count). The van der Waals surface area contributed by atoms with Gasteiger partial charge in [0.2, 0.25) is 0 Å². The van der Waals surface area contributed by atoms with E-state index >= 15 is 0 Å². The molecule has 2 aromatic rings. The minimum atomic E-state index is -0.412. The molecule has 0 bridgehead atoms. The molecule has 7 heteroatoms. The molecule has 3 N–H and O–H groups in total. The molecule has 25 heavy (non-hydrogen) atoms. The van der Waals surface area contributed by atoms with E-state index in [0.29, 0.717) is 17.2 Å². The Bertz CT molecular complexity index is 784. The fourth-order valence-corrected chi connectivity index (χ4v) is 3.45. The van der Waals surface area contributed by atoms with Gasteiger partial charge < -0.3 is 20.5 Å². The molecule has 0 amide bonds. The zero-order valence-electron chi connectivity index (χ0n) is 13.8. The molecule has 0 fully saturated rings. The van der Waals surface area contributed by atoms with Crippen LogP contribution in [0.3, 0.4) is 0 Å². The van der Waals surface area contributed by atoms with Crippen LogP contribution in [0, 0.1) is 0 Å². The fourth-order valence-electron chi connectivity index (χ4n) is 2.07. The van der Waals surface area contributed by atoms with Crippen LogP contribution < -0.4 is 15.8 Å². The number of carbonyl (C=O) groups is 1. The molecule has 0 saturated carbocycles. The first-order valence-electron chi connectivity index (χ1n) is 7.51. The molecular formula is C18H18Br2N2O3. The Morgan fingerprint density at radius 2 is 1.92 bits per heavy atom. The van der Waals surface area contributed by atoms with Gasteiger partial charge in [-0.2, -0.15) is 0 Å². The van der Waals surface area contributed by atoms with Gasteiger partial charge in [0, 0.05) is 18.7 Å². The number of hydrogen-bond donors (Lipinski definition) is 2. The number of hydrogen-bond acceptors (Lipinski definition) is 5. The van der Waals surface area contributed by atoms with E-state index in [9.17, 15) is 4.79 Å². The molecule has 0 aliphatic carbocycles. The van der Waals surface area contributed by atoms with E-state index < -0.39 is 5.97 Å². The average Bonchev–Trinajstić information content (AvgIpc) is 2.58. The molecule has 5 nitrogen and oxygen atoms in total. The maximum absolute atomic E-state index is 11.2. The van der Waals surface area contributed by atoms with Crippen molar-refractivity contribution in [3.8, 4) is 11.5 Å². The number of nitrogens with one attached hydrogen (secondary N) is 1. The topological polar surface area (TPSA) is 73.6 Å². The van der Waals surface area contributed by atoms with E-state index in [-0.39, 0.29) is 0 Å². The van der Waals surface area contributed by atoms with Crippen LogP contribution in [-0.4, -0.2) is 19.6 Å². The summed E-state index contributed by atoms with van der Waals surface area (Å²) >= 11 is 7.00. The Labute approximate surface area is 163 Å². The minimum absolute atomic E-state index is 0.412. The maximum atomic E-state index is 11.2. The Morgan fingerprint density at radius 1 is 1.24 bits per heavy atom. The highest BCUT2D eigenvalue weighted by atomic mass is 79.9. The first kappa shape index (κ1) is 19.3. The number of nitrogens with two attached hydrogens (primary N) is 1. The number of methoxy groups -OCH3 is 1. The summed E-state index contributed by atoms with van der Waals surface area (Å²) in [5.41, 5.74) is 8.24. The highest BCUT2D eigenvalue weighted by Gasteiger charge is 2.11. The summed E-state index contributed by atoms with van der Waals surface area (Å²) < 4.78 is 12.1. The van der Waals surface area contributed by atoms with Crippen molar-refractivity contribution in [2.75, 3.05) is 24.7 Å². The smallest absolute Gasteiger partial charge is 0.330 e. The second-order valence-corrected chi connectivity index (χ2v) is 6.76. The van der Waals surface area contributed by atoms with Crippen LogP contribution in [0.15, 0.2) is 45.4 Å². The molecular weight excluding hydrogens is 452 g/mol. The molecule has 0 saturated heterocycles. The normalized spacial score (nSPS) is 10.7. The maximum Gasteiger partial charge on any atom is 0.330 e. The quantitative estimate of drug-likeness (QED) is 0.345. The monoisotopic (exact) mass is 468 g/mol. The van der Waals surface area contributed by atoms with Gasteiger partial charge in [-0.1, -0.05) is 0 Å². The summed E-state index contributed by atoms with van der Waals surface area (Å²) in [5, 5.41) is 3.19. The van der Waals surface area contributed by atoms with Gasteiger partial charge in [-0.3, -0.25) is 0 Å². The second-order valence-electron chi connectivity index (χ2n) is 5.05. The third-order valence-corrected chi connectivity index (χ3v) is 4.42. The zero-order chi connectivity index (χ0) is 18.4. The molecule has 0 atom stereocenters. The van der Waals surface area contributed by atoms with E-state index in [1.54, 1.807) is 18.2 Å². The number of rotatable bonds is 6. The van der Waals surface area contributed by atoms with Crippen molar-refractivity contribution in [1.29, 1.82) is 0 Å². The van der Waals surface area contributed by atoms with Crippen molar-refractivity contribution in [3.05, 3.63) is 50.9 Å². The largest absolute Gasteiger partial charge is 0.466 e. The van der Waals surface area contributed by atoms with Crippen LogP contribution in [0.5, 0.6) is 11.5 Å². The van der Waals surface area contributed by atoms with Crippen molar-refractivity contribution in [2.24, 2.45) is 0 Å². The first-order chi connectivity index (χ1) is 11.9. The Morgan fingerprint density at radius 3 is 2.52 bits per heavy atom. The van der Waals surface area contributed by atoms with E-state index in [1.807, 2.05) is 25.1 Å². The zero-order valence-corrected chi connectivity index (χ0v) is 17.0. The predicted molar refractivity (Wildman–Crippen MR) is 108 cm³/mol. The molecule has 0 aliphatic heterocycles. The predicted octanol–water partition coefficient (Wildman–Crippen LogP) is 5.20. The van der Waals surface area contributed by atoms with Crippen molar-refractivity contribution in [2.45, 2.75) is 6.92 Å². The first-order valence-corrected chi connectivity index (χ1v) is 9.09. The molecule has 132 valence electrons. The van der Waals surface area contributed by atoms with Gasteiger partial charge >= 0.3 is 5.97 Å². The average molecular weight is 470 g/mol.